The zero-order valence-corrected chi connectivity index (χ0v) is 10.7. The molecule has 15 heavy (non-hydrogen) atoms. The zero-order chi connectivity index (χ0) is 11.3. The van der Waals surface area contributed by atoms with Gasteiger partial charge < -0.3 is 10.1 Å². The monoisotopic (exact) mass is 231 g/mol. The van der Waals surface area contributed by atoms with Crippen molar-refractivity contribution in [3.8, 4) is 0 Å². The summed E-state index contributed by atoms with van der Waals surface area (Å²) < 4.78 is 5.58. The second-order valence-electron chi connectivity index (χ2n) is 4.84. The van der Waals surface area contributed by atoms with Crippen LogP contribution in [0.5, 0.6) is 0 Å². The van der Waals surface area contributed by atoms with Crippen LogP contribution in [0.1, 0.15) is 33.6 Å². The topological polar surface area (TPSA) is 38.3 Å². The van der Waals surface area contributed by atoms with Crippen LogP contribution in [0.25, 0.3) is 0 Å². The standard InChI is InChI=1S/C11H21NO2S/c1-11(2,3)15-8-10(13)12-7-9-5-4-6-14-9/h9H,4-8H2,1-3H3,(H,12,13). The quantitative estimate of drug-likeness (QED) is 0.802. The van der Waals surface area contributed by atoms with E-state index < -0.39 is 0 Å². The lowest BCUT2D eigenvalue weighted by atomic mass is 10.2. The Balaban J connectivity index is 2.08. The van der Waals surface area contributed by atoms with E-state index in [2.05, 4.69) is 26.1 Å². The maximum absolute atomic E-state index is 11.5. The molecule has 1 saturated heterocycles. The molecule has 1 heterocycles. The van der Waals surface area contributed by atoms with Crippen molar-refractivity contribution in [3.63, 3.8) is 0 Å². The van der Waals surface area contributed by atoms with Crippen LogP contribution in [0, 0.1) is 0 Å². The molecule has 1 unspecified atom stereocenters. The summed E-state index contributed by atoms with van der Waals surface area (Å²) in [5.74, 6) is 0.654. The van der Waals surface area contributed by atoms with Gasteiger partial charge in [0.25, 0.3) is 0 Å². The van der Waals surface area contributed by atoms with Gasteiger partial charge in [0.1, 0.15) is 0 Å². The number of carbonyl (C=O) groups excluding carboxylic acids is 1. The van der Waals surface area contributed by atoms with E-state index in [1.807, 2.05) is 0 Å². The van der Waals surface area contributed by atoms with Crippen LogP contribution in [0.4, 0.5) is 0 Å². The molecule has 1 atom stereocenters. The Morgan fingerprint density at radius 1 is 1.53 bits per heavy atom. The first-order valence-corrected chi connectivity index (χ1v) is 6.48. The number of nitrogens with one attached hydrogen (secondary N) is 1. The van der Waals surface area contributed by atoms with E-state index in [0.29, 0.717) is 12.3 Å². The second-order valence-corrected chi connectivity index (χ2v) is 6.64. The number of amides is 1. The highest BCUT2D eigenvalue weighted by molar-refractivity contribution is 8.01. The Hall–Kier alpha value is -0.220. The maximum atomic E-state index is 11.5. The number of rotatable bonds is 4. The smallest absolute Gasteiger partial charge is 0.230 e. The van der Waals surface area contributed by atoms with E-state index in [1.54, 1.807) is 11.8 Å². The highest BCUT2D eigenvalue weighted by atomic mass is 32.2. The van der Waals surface area contributed by atoms with Crippen molar-refractivity contribution in [2.75, 3.05) is 18.9 Å². The van der Waals surface area contributed by atoms with Crippen LogP contribution >= 0.6 is 11.8 Å². The van der Waals surface area contributed by atoms with Crippen LogP contribution in [-0.2, 0) is 9.53 Å². The SMILES string of the molecule is CC(C)(C)SCC(=O)NCC1CCCO1. The Kier molecular flexibility index (Phi) is 4.93. The van der Waals surface area contributed by atoms with E-state index in [-0.39, 0.29) is 16.8 Å². The fourth-order valence-electron chi connectivity index (χ4n) is 1.37. The summed E-state index contributed by atoms with van der Waals surface area (Å²) in [6.07, 6.45) is 2.44. The van der Waals surface area contributed by atoms with Crippen molar-refractivity contribution in [1.82, 2.24) is 5.32 Å². The Morgan fingerprint density at radius 2 is 2.27 bits per heavy atom. The van der Waals surface area contributed by atoms with Crippen LogP contribution in [0.3, 0.4) is 0 Å². The summed E-state index contributed by atoms with van der Waals surface area (Å²) in [4.78, 5) is 11.5. The minimum Gasteiger partial charge on any atom is -0.376 e. The second kappa shape index (κ2) is 5.75. The van der Waals surface area contributed by atoms with E-state index in [4.69, 9.17) is 4.74 Å². The average molecular weight is 231 g/mol. The lowest BCUT2D eigenvalue weighted by Gasteiger charge is -2.17. The molecule has 0 radical (unpaired) electrons. The number of thioether (sulfide) groups is 1. The minimum atomic E-state index is 0.116. The van der Waals surface area contributed by atoms with Gasteiger partial charge >= 0.3 is 0 Å². The van der Waals surface area contributed by atoms with E-state index in [9.17, 15) is 4.79 Å². The summed E-state index contributed by atoms with van der Waals surface area (Å²) in [5.41, 5.74) is 0. The van der Waals surface area contributed by atoms with Crippen LogP contribution < -0.4 is 5.32 Å². The third-order valence-electron chi connectivity index (χ3n) is 2.19. The lowest BCUT2D eigenvalue weighted by molar-refractivity contribution is -0.119. The van der Waals surface area contributed by atoms with Gasteiger partial charge in [-0.1, -0.05) is 20.8 Å². The maximum Gasteiger partial charge on any atom is 0.230 e. The fraction of sp³-hybridized carbons (Fsp3) is 0.909. The zero-order valence-electron chi connectivity index (χ0n) is 9.84. The van der Waals surface area contributed by atoms with E-state index >= 15 is 0 Å². The molecule has 1 N–H and O–H groups in total. The molecule has 1 fully saturated rings. The van der Waals surface area contributed by atoms with Crippen molar-refractivity contribution in [1.29, 1.82) is 0 Å². The van der Waals surface area contributed by atoms with Crippen molar-refractivity contribution in [2.24, 2.45) is 0 Å². The van der Waals surface area contributed by atoms with Gasteiger partial charge in [0.15, 0.2) is 0 Å². The molecule has 1 aliphatic rings. The first-order chi connectivity index (χ1) is 6.97. The Bertz CT molecular complexity index is 207. The van der Waals surface area contributed by atoms with Gasteiger partial charge in [-0.05, 0) is 12.8 Å². The van der Waals surface area contributed by atoms with E-state index in [0.717, 1.165) is 19.4 Å². The predicted octanol–water partition coefficient (Wildman–Crippen LogP) is 1.81. The molecule has 1 amide bonds. The van der Waals surface area contributed by atoms with Gasteiger partial charge in [-0.3, -0.25) is 4.79 Å². The first-order valence-electron chi connectivity index (χ1n) is 5.49. The normalized spacial score (nSPS) is 21.7. The molecular formula is C11H21NO2S. The molecule has 1 rings (SSSR count). The Morgan fingerprint density at radius 3 is 2.80 bits per heavy atom. The fourth-order valence-corrected chi connectivity index (χ4v) is 2.03. The van der Waals surface area contributed by atoms with Crippen molar-refractivity contribution < 1.29 is 9.53 Å². The van der Waals surface area contributed by atoms with Crippen LogP contribution in [-0.4, -0.2) is 35.7 Å². The van der Waals surface area contributed by atoms with Gasteiger partial charge in [0.2, 0.25) is 5.91 Å². The van der Waals surface area contributed by atoms with Crippen LogP contribution in [0.2, 0.25) is 0 Å². The molecule has 1 aliphatic heterocycles. The molecule has 0 aromatic rings. The molecule has 3 nitrogen and oxygen atoms in total. The van der Waals surface area contributed by atoms with Crippen molar-refractivity contribution >= 4 is 17.7 Å². The molecule has 0 aliphatic carbocycles. The number of carbonyl (C=O) groups is 1. The number of ether oxygens (including phenoxy) is 1. The molecule has 0 aromatic carbocycles. The summed E-state index contributed by atoms with van der Waals surface area (Å²) in [7, 11) is 0. The lowest BCUT2D eigenvalue weighted by Crippen LogP contribution is -2.33. The molecule has 88 valence electrons. The van der Waals surface area contributed by atoms with Gasteiger partial charge in [0, 0.05) is 17.9 Å². The third-order valence-corrected chi connectivity index (χ3v) is 3.46. The van der Waals surface area contributed by atoms with E-state index in [1.165, 1.54) is 0 Å². The largest absolute Gasteiger partial charge is 0.376 e. The molecule has 0 aromatic heterocycles. The van der Waals surface area contributed by atoms with Crippen molar-refractivity contribution in [2.45, 2.75) is 44.5 Å². The Labute approximate surface area is 96.3 Å². The van der Waals surface area contributed by atoms with Gasteiger partial charge in [-0.25, -0.2) is 0 Å². The number of hydrogen-bond donors (Lipinski definition) is 1. The molecule has 0 saturated carbocycles. The summed E-state index contributed by atoms with van der Waals surface area (Å²) in [6, 6.07) is 0. The molecular weight excluding hydrogens is 210 g/mol. The van der Waals surface area contributed by atoms with Crippen LogP contribution in [0.15, 0.2) is 0 Å². The predicted molar refractivity (Wildman–Crippen MR) is 64.2 cm³/mol. The van der Waals surface area contributed by atoms with Gasteiger partial charge in [0.05, 0.1) is 11.9 Å². The molecule has 4 heteroatoms. The van der Waals surface area contributed by atoms with Gasteiger partial charge in [-0.15, -0.1) is 11.8 Å². The highest BCUT2D eigenvalue weighted by Gasteiger charge is 2.17. The molecule has 0 spiro atoms. The van der Waals surface area contributed by atoms with Crippen molar-refractivity contribution in [3.05, 3.63) is 0 Å². The third kappa shape index (κ3) is 6.05. The summed E-state index contributed by atoms with van der Waals surface area (Å²) in [6.45, 7) is 7.86. The average Bonchev–Trinajstić information content (AvgIpc) is 2.62. The minimum absolute atomic E-state index is 0.116. The first kappa shape index (κ1) is 12.8. The molecule has 0 bridgehead atoms. The highest BCUT2D eigenvalue weighted by Crippen LogP contribution is 2.22. The number of hydrogen-bond acceptors (Lipinski definition) is 3. The summed E-state index contributed by atoms with van der Waals surface area (Å²) in [5, 5.41) is 2.91. The summed E-state index contributed by atoms with van der Waals surface area (Å²) >= 11 is 1.67. The van der Waals surface area contributed by atoms with Gasteiger partial charge in [-0.2, -0.15) is 0 Å².